The van der Waals surface area contributed by atoms with E-state index in [0.29, 0.717) is 0 Å². The van der Waals surface area contributed by atoms with Crippen LogP contribution in [0.25, 0.3) is 0 Å². The van der Waals surface area contributed by atoms with Gasteiger partial charge in [0.05, 0.1) is 0 Å². The monoisotopic (exact) mass is 278 g/mol. The lowest BCUT2D eigenvalue weighted by molar-refractivity contribution is 0.250. The molecule has 64 valence electrons. The Hall–Kier alpha value is -0.160. The molecule has 1 heterocycles. The molecule has 1 aliphatic rings. The Morgan fingerprint density at radius 3 is 2.33 bits per heavy atom. The Labute approximate surface area is 84.1 Å². The number of hydrogen-bond acceptors (Lipinski definition) is 1. The zero-order valence-corrected chi connectivity index (χ0v) is 8.71. The predicted molar refractivity (Wildman–Crippen MR) is 52.5 cm³/mol. The van der Waals surface area contributed by atoms with E-state index in [1.807, 2.05) is 24.3 Å². The minimum absolute atomic E-state index is 0.676. The first-order chi connectivity index (χ1) is 5.63. The van der Waals surface area contributed by atoms with Crippen LogP contribution in [-0.4, -0.2) is 6.36 Å². The first-order valence-electron chi connectivity index (χ1n) is 3.71. The number of epoxide rings is 1. The van der Waals surface area contributed by atoms with E-state index in [9.17, 15) is 4.39 Å². The molecule has 12 heavy (non-hydrogen) atoms. The van der Waals surface area contributed by atoms with Gasteiger partial charge < -0.3 is 4.74 Å². The smallest absolute Gasteiger partial charge is 0.233 e. The largest absolute Gasteiger partial charge is 0.329 e. The van der Waals surface area contributed by atoms with E-state index < -0.39 is 12.0 Å². The molecule has 0 spiro atoms. The summed E-state index contributed by atoms with van der Waals surface area (Å²) in [6, 6.07) is 7.72. The summed E-state index contributed by atoms with van der Waals surface area (Å²) in [5.74, 6) is 0. The zero-order valence-electron chi connectivity index (χ0n) is 6.55. The summed E-state index contributed by atoms with van der Waals surface area (Å²) < 4.78 is 18.7. The van der Waals surface area contributed by atoms with Gasteiger partial charge in [-0.1, -0.05) is 12.1 Å². The van der Waals surface area contributed by atoms with Crippen molar-refractivity contribution in [2.24, 2.45) is 0 Å². The molecule has 0 saturated carbocycles. The van der Waals surface area contributed by atoms with Gasteiger partial charge in [0.2, 0.25) is 6.36 Å². The summed E-state index contributed by atoms with van der Waals surface area (Å²) in [6.45, 7) is 1.76. The SMILES string of the molecule is CC1(c2ccc(I)cc2)OC1F. The van der Waals surface area contributed by atoms with Crippen molar-refractivity contribution in [1.29, 1.82) is 0 Å². The van der Waals surface area contributed by atoms with Gasteiger partial charge in [0.1, 0.15) is 5.60 Å². The molecule has 3 heteroatoms. The first kappa shape index (κ1) is 8.44. The number of ether oxygens (including phenoxy) is 1. The highest BCUT2D eigenvalue weighted by Gasteiger charge is 2.54. The van der Waals surface area contributed by atoms with E-state index in [-0.39, 0.29) is 0 Å². The topological polar surface area (TPSA) is 12.5 Å². The quantitative estimate of drug-likeness (QED) is 0.568. The van der Waals surface area contributed by atoms with E-state index in [1.54, 1.807) is 6.92 Å². The van der Waals surface area contributed by atoms with Crippen molar-refractivity contribution in [3.8, 4) is 0 Å². The highest BCUT2D eigenvalue weighted by atomic mass is 127. The van der Waals surface area contributed by atoms with Crippen LogP contribution in [0.3, 0.4) is 0 Å². The maximum Gasteiger partial charge on any atom is 0.233 e. The van der Waals surface area contributed by atoms with Crippen LogP contribution in [0, 0.1) is 3.57 Å². The van der Waals surface area contributed by atoms with Gasteiger partial charge in [0, 0.05) is 3.57 Å². The maximum atomic E-state index is 12.7. The number of rotatable bonds is 1. The van der Waals surface area contributed by atoms with Crippen LogP contribution in [0.2, 0.25) is 0 Å². The van der Waals surface area contributed by atoms with E-state index >= 15 is 0 Å². The highest BCUT2D eigenvalue weighted by molar-refractivity contribution is 14.1. The molecule has 0 aliphatic carbocycles. The summed E-state index contributed by atoms with van der Waals surface area (Å²) in [6.07, 6.45) is -1.13. The second kappa shape index (κ2) is 2.67. The second-order valence-corrected chi connectivity index (χ2v) is 4.29. The van der Waals surface area contributed by atoms with Crippen LogP contribution >= 0.6 is 22.6 Å². The lowest BCUT2D eigenvalue weighted by Gasteiger charge is -2.03. The predicted octanol–water partition coefficient (Wildman–Crippen LogP) is 2.83. The molecule has 2 unspecified atom stereocenters. The van der Waals surface area contributed by atoms with Crippen molar-refractivity contribution >= 4 is 22.6 Å². The van der Waals surface area contributed by atoms with E-state index in [1.165, 1.54) is 0 Å². The zero-order chi connectivity index (χ0) is 8.77. The normalized spacial score (nSPS) is 33.4. The summed E-state index contributed by atoms with van der Waals surface area (Å²) in [4.78, 5) is 0. The Kier molecular flexibility index (Phi) is 1.88. The fourth-order valence-corrected chi connectivity index (χ4v) is 1.52. The maximum absolute atomic E-state index is 12.7. The van der Waals surface area contributed by atoms with Gasteiger partial charge in [0.15, 0.2) is 0 Å². The Morgan fingerprint density at radius 2 is 1.92 bits per heavy atom. The second-order valence-electron chi connectivity index (χ2n) is 3.05. The third-order valence-corrected chi connectivity index (χ3v) is 2.86. The van der Waals surface area contributed by atoms with Crippen molar-refractivity contribution in [2.75, 3.05) is 0 Å². The van der Waals surface area contributed by atoms with E-state index in [4.69, 9.17) is 4.74 Å². The highest BCUT2D eigenvalue weighted by Crippen LogP contribution is 2.46. The molecule has 0 N–H and O–H groups in total. The van der Waals surface area contributed by atoms with Gasteiger partial charge in [-0.2, -0.15) is 0 Å². The fourth-order valence-electron chi connectivity index (χ4n) is 1.16. The molecule has 0 radical (unpaired) electrons. The van der Waals surface area contributed by atoms with Crippen LogP contribution in [0.1, 0.15) is 12.5 Å². The molecular formula is C9H8FIO. The summed E-state index contributed by atoms with van der Waals surface area (Å²) in [5, 5.41) is 0. The van der Waals surface area contributed by atoms with Crippen LogP contribution < -0.4 is 0 Å². The van der Waals surface area contributed by atoms with Crippen LogP contribution in [-0.2, 0) is 10.3 Å². The Bertz CT molecular complexity index is 298. The lowest BCUT2D eigenvalue weighted by atomic mass is 10.0. The molecule has 2 rings (SSSR count). The van der Waals surface area contributed by atoms with Crippen molar-refractivity contribution in [2.45, 2.75) is 18.9 Å². The summed E-state index contributed by atoms with van der Waals surface area (Å²) in [5.41, 5.74) is 0.236. The standard InChI is InChI=1S/C9H8FIO/c1-9(8(10)12-9)6-2-4-7(11)5-3-6/h2-5,8H,1H3. The minimum Gasteiger partial charge on any atom is -0.329 e. The summed E-state index contributed by atoms with van der Waals surface area (Å²) in [7, 11) is 0. The van der Waals surface area contributed by atoms with Crippen molar-refractivity contribution in [3.63, 3.8) is 0 Å². The van der Waals surface area contributed by atoms with Gasteiger partial charge in [-0.3, -0.25) is 0 Å². The fraction of sp³-hybridized carbons (Fsp3) is 0.333. The molecule has 1 aromatic carbocycles. The van der Waals surface area contributed by atoms with Crippen molar-refractivity contribution < 1.29 is 9.13 Å². The first-order valence-corrected chi connectivity index (χ1v) is 4.79. The third-order valence-electron chi connectivity index (χ3n) is 2.14. The van der Waals surface area contributed by atoms with Crippen molar-refractivity contribution in [3.05, 3.63) is 33.4 Å². The number of benzene rings is 1. The Balaban J connectivity index is 2.31. The van der Waals surface area contributed by atoms with Crippen molar-refractivity contribution in [1.82, 2.24) is 0 Å². The molecular weight excluding hydrogens is 270 g/mol. The molecule has 1 nitrogen and oxygen atoms in total. The molecule has 1 aliphatic heterocycles. The summed E-state index contributed by atoms with van der Waals surface area (Å²) >= 11 is 2.22. The molecule has 0 amide bonds. The minimum atomic E-state index is -1.13. The molecule has 0 aromatic heterocycles. The molecule has 1 aromatic rings. The molecule has 1 saturated heterocycles. The van der Waals surface area contributed by atoms with Crippen LogP contribution in [0.15, 0.2) is 24.3 Å². The molecule has 1 fully saturated rings. The number of hydrogen-bond donors (Lipinski definition) is 0. The molecule has 2 atom stereocenters. The van der Waals surface area contributed by atoms with Gasteiger partial charge >= 0.3 is 0 Å². The lowest BCUT2D eigenvalue weighted by Crippen LogP contribution is -2.04. The van der Waals surface area contributed by atoms with Crippen LogP contribution in [0.5, 0.6) is 0 Å². The number of alkyl halides is 1. The number of halogens is 2. The van der Waals surface area contributed by atoms with Gasteiger partial charge in [-0.25, -0.2) is 4.39 Å². The van der Waals surface area contributed by atoms with E-state index in [0.717, 1.165) is 9.13 Å². The van der Waals surface area contributed by atoms with Crippen LogP contribution in [0.4, 0.5) is 4.39 Å². The Morgan fingerprint density at radius 1 is 1.42 bits per heavy atom. The average molecular weight is 278 g/mol. The van der Waals surface area contributed by atoms with Gasteiger partial charge in [-0.05, 0) is 47.2 Å². The average Bonchev–Trinajstić information content (AvgIpc) is 2.62. The molecule has 0 bridgehead atoms. The van der Waals surface area contributed by atoms with Gasteiger partial charge in [0.25, 0.3) is 0 Å². The van der Waals surface area contributed by atoms with Gasteiger partial charge in [-0.15, -0.1) is 0 Å². The third kappa shape index (κ3) is 1.25. The van der Waals surface area contributed by atoms with E-state index in [2.05, 4.69) is 22.6 Å².